The normalized spacial score (nSPS) is 10.7. The van der Waals surface area contributed by atoms with Crippen LogP contribution in [0.15, 0.2) is 53.3 Å². The number of furan rings is 1. The summed E-state index contributed by atoms with van der Waals surface area (Å²) in [6.07, 6.45) is 3.39. The van der Waals surface area contributed by atoms with Crippen molar-refractivity contribution in [2.75, 3.05) is 11.1 Å². The molecule has 0 aliphatic heterocycles. The van der Waals surface area contributed by atoms with Crippen LogP contribution in [0.3, 0.4) is 0 Å². The molecule has 0 amide bonds. The molecule has 0 atom stereocenters. The van der Waals surface area contributed by atoms with Gasteiger partial charge in [-0.3, -0.25) is 0 Å². The van der Waals surface area contributed by atoms with E-state index in [9.17, 15) is 0 Å². The maximum Gasteiger partial charge on any atom is 0.139 e. The van der Waals surface area contributed by atoms with Crippen LogP contribution in [0.4, 0.5) is 11.5 Å². The first-order valence-electron chi connectivity index (χ1n) is 5.73. The molecule has 0 radical (unpaired) electrons. The molecule has 0 bridgehead atoms. The fourth-order valence-electron chi connectivity index (χ4n) is 1.92. The van der Waals surface area contributed by atoms with Crippen molar-refractivity contribution in [3.05, 3.63) is 54.4 Å². The van der Waals surface area contributed by atoms with E-state index in [2.05, 4.69) is 10.3 Å². The van der Waals surface area contributed by atoms with Gasteiger partial charge in [0.25, 0.3) is 0 Å². The Morgan fingerprint density at radius 2 is 2.17 bits per heavy atom. The second-order valence-electron chi connectivity index (χ2n) is 4.09. The molecule has 0 aliphatic rings. The number of anilines is 2. The molecule has 0 fully saturated rings. The predicted octanol–water partition coefficient (Wildman–Crippen LogP) is 3.02. The van der Waals surface area contributed by atoms with Crippen molar-refractivity contribution in [3.63, 3.8) is 0 Å². The van der Waals surface area contributed by atoms with Gasteiger partial charge < -0.3 is 15.5 Å². The first kappa shape index (κ1) is 10.7. The number of nitrogens with zero attached hydrogens (tertiary/aromatic N) is 1. The van der Waals surface area contributed by atoms with Gasteiger partial charge in [-0.25, -0.2) is 4.98 Å². The van der Waals surface area contributed by atoms with E-state index >= 15 is 0 Å². The Balaban J connectivity index is 1.83. The van der Waals surface area contributed by atoms with Crippen molar-refractivity contribution >= 4 is 22.5 Å². The van der Waals surface area contributed by atoms with Gasteiger partial charge in [0.2, 0.25) is 0 Å². The van der Waals surface area contributed by atoms with E-state index in [0.717, 1.165) is 28.0 Å². The molecule has 2 heterocycles. The average molecular weight is 239 g/mol. The van der Waals surface area contributed by atoms with E-state index in [1.807, 2.05) is 36.4 Å². The number of pyridine rings is 1. The van der Waals surface area contributed by atoms with E-state index in [4.69, 9.17) is 10.2 Å². The van der Waals surface area contributed by atoms with Crippen LogP contribution >= 0.6 is 0 Å². The molecule has 4 nitrogen and oxygen atoms in total. The zero-order valence-electron chi connectivity index (χ0n) is 9.76. The maximum atomic E-state index is 5.74. The number of nitrogens with two attached hydrogens (primary N) is 1. The second-order valence-corrected chi connectivity index (χ2v) is 4.09. The first-order chi connectivity index (χ1) is 8.83. The van der Waals surface area contributed by atoms with Crippen LogP contribution < -0.4 is 11.1 Å². The van der Waals surface area contributed by atoms with Gasteiger partial charge in [-0.15, -0.1) is 0 Å². The van der Waals surface area contributed by atoms with Crippen molar-refractivity contribution in [1.82, 2.24) is 4.98 Å². The molecule has 3 aromatic rings. The van der Waals surface area contributed by atoms with Gasteiger partial charge in [0, 0.05) is 18.4 Å². The number of hydrogen-bond donors (Lipinski definition) is 2. The van der Waals surface area contributed by atoms with E-state index in [0.29, 0.717) is 6.54 Å². The number of benzene rings is 1. The third-order valence-electron chi connectivity index (χ3n) is 2.79. The summed E-state index contributed by atoms with van der Waals surface area (Å²) in [5.41, 5.74) is 8.47. The van der Waals surface area contributed by atoms with Crippen LogP contribution in [0.2, 0.25) is 0 Å². The summed E-state index contributed by atoms with van der Waals surface area (Å²) in [6.45, 7) is 0.683. The second kappa shape index (κ2) is 4.41. The van der Waals surface area contributed by atoms with Crippen molar-refractivity contribution in [3.8, 4) is 0 Å². The molecule has 2 aromatic heterocycles. The molecule has 4 heteroatoms. The lowest BCUT2D eigenvalue weighted by Crippen LogP contribution is -2.01. The van der Waals surface area contributed by atoms with Gasteiger partial charge in [0.1, 0.15) is 11.4 Å². The summed E-state index contributed by atoms with van der Waals surface area (Å²) < 4.78 is 5.33. The van der Waals surface area contributed by atoms with E-state index in [1.165, 1.54) is 0 Å². The minimum Gasteiger partial charge on any atom is -0.464 e. The number of rotatable bonds is 3. The van der Waals surface area contributed by atoms with Crippen LogP contribution in [0, 0.1) is 0 Å². The lowest BCUT2D eigenvalue weighted by molar-refractivity contribution is 0.615. The minimum atomic E-state index is 0.683. The van der Waals surface area contributed by atoms with Gasteiger partial charge in [-0.2, -0.15) is 0 Å². The van der Waals surface area contributed by atoms with Crippen molar-refractivity contribution in [2.24, 2.45) is 0 Å². The molecule has 1 aromatic carbocycles. The predicted molar refractivity (Wildman–Crippen MR) is 72.2 cm³/mol. The smallest absolute Gasteiger partial charge is 0.139 e. The van der Waals surface area contributed by atoms with Gasteiger partial charge in [-0.1, -0.05) is 12.1 Å². The van der Waals surface area contributed by atoms with E-state index in [-0.39, 0.29) is 0 Å². The first-order valence-corrected chi connectivity index (χ1v) is 5.73. The van der Waals surface area contributed by atoms with Crippen LogP contribution in [0.1, 0.15) is 5.56 Å². The molecule has 3 N–H and O–H groups in total. The molecule has 0 saturated heterocycles. The summed E-state index contributed by atoms with van der Waals surface area (Å²) >= 11 is 0. The lowest BCUT2D eigenvalue weighted by Gasteiger charge is -2.06. The Morgan fingerprint density at radius 3 is 3.06 bits per heavy atom. The maximum absolute atomic E-state index is 5.74. The molecule has 0 saturated carbocycles. The number of aromatic nitrogens is 1. The number of fused-ring (bicyclic) bond motifs is 1. The van der Waals surface area contributed by atoms with Crippen LogP contribution in [0.25, 0.3) is 11.0 Å². The Labute approximate surface area is 104 Å². The van der Waals surface area contributed by atoms with Crippen molar-refractivity contribution in [2.45, 2.75) is 6.54 Å². The summed E-state index contributed by atoms with van der Waals surface area (Å²) in [6, 6.07) is 11.5. The zero-order chi connectivity index (χ0) is 12.4. The Kier molecular flexibility index (Phi) is 2.61. The number of hydrogen-bond acceptors (Lipinski definition) is 4. The Hall–Kier alpha value is -2.49. The minimum absolute atomic E-state index is 0.683. The summed E-state index contributed by atoms with van der Waals surface area (Å²) in [4.78, 5) is 4.31. The summed E-state index contributed by atoms with van der Waals surface area (Å²) in [7, 11) is 0. The Morgan fingerprint density at radius 1 is 1.22 bits per heavy atom. The molecule has 18 heavy (non-hydrogen) atoms. The standard InChI is InChI=1S/C14H13N3O/c15-11-3-1-2-10(8-11)9-17-14-12-5-7-18-13(12)4-6-16-14/h1-8H,9,15H2,(H,16,17). The highest BCUT2D eigenvalue weighted by molar-refractivity contribution is 5.87. The van der Waals surface area contributed by atoms with Crippen molar-refractivity contribution in [1.29, 1.82) is 0 Å². The number of nitrogens with one attached hydrogen (secondary N) is 1. The highest BCUT2D eigenvalue weighted by atomic mass is 16.3. The molecule has 0 aliphatic carbocycles. The molecule has 0 unspecified atom stereocenters. The lowest BCUT2D eigenvalue weighted by atomic mass is 10.2. The highest BCUT2D eigenvalue weighted by Crippen LogP contribution is 2.22. The van der Waals surface area contributed by atoms with Gasteiger partial charge in [0.05, 0.1) is 11.6 Å². The van der Waals surface area contributed by atoms with Gasteiger partial charge >= 0.3 is 0 Å². The zero-order valence-corrected chi connectivity index (χ0v) is 9.76. The fourth-order valence-corrected chi connectivity index (χ4v) is 1.92. The van der Waals surface area contributed by atoms with E-state index < -0.39 is 0 Å². The van der Waals surface area contributed by atoms with Crippen LogP contribution in [-0.2, 0) is 6.54 Å². The monoisotopic (exact) mass is 239 g/mol. The fraction of sp³-hybridized carbons (Fsp3) is 0.0714. The van der Waals surface area contributed by atoms with Crippen molar-refractivity contribution < 1.29 is 4.42 Å². The van der Waals surface area contributed by atoms with Crippen LogP contribution in [-0.4, -0.2) is 4.98 Å². The van der Waals surface area contributed by atoms with Gasteiger partial charge in [0.15, 0.2) is 0 Å². The summed E-state index contributed by atoms with van der Waals surface area (Å²) in [5, 5.41) is 4.28. The number of nitrogen functional groups attached to an aromatic ring is 1. The SMILES string of the molecule is Nc1cccc(CNc2nccc3occc23)c1. The molecular formula is C14H13N3O. The average Bonchev–Trinajstić information content (AvgIpc) is 2.85. The molecular weight excluding hydrogens is 226 g/mol. The van der Waals surface area contributed by atoms with E-state index in [1.54, 1.807) is 12.5 Å². The highest BCUT2D eigenvalue weighted by Gasteiger charge is 2.04. The largest absolute Gasteiger partial charge is 0.464 e. The third kappa shape index (κ3) is 2.00. The summed E-state index contributed by atoms with van der Waals surface area (Å²) in [5.74, 6) is 0.823. The van der Waals surface area contributed by atoms with Gasteiger partial charge in [-0.05, 0) is 29.8 Å². The third-order valence-corrected chi connectivity index (χ3v) is 2.79. The topological polar surface area (TPSA) is 64.1 Å². The molecule has 0 spiro atoms. The van der Waals surface area contributed by atoms with Crippen LogP contribution in [0.5, 0.6) is 0 Å². The molecule has 90 valence electrons. The quantitative estimate of drug-likeness (QED) is 0.689. The molecule has 3 rings (SSSR count). The Bertz CT molecular complexity index is 675.